The Balaban J connectivity index is 0.00000420. The number of benzene rings is 2. The van der Waals surface area contributed by atoms with Gasteiger partial charge in [0.15, 0.2) is 5.96 Å². The van der Waals surface area contributed by atoms with Crippen molar-refractivity contribution in [3.8, 4) is 5.75 Å². The standard InChI is InChI=1S/C20H24F3N3O2.HI/c1-24-19(25-13-15-6-8-17(9-7-15)20(21,22)23)26-14-16-4-3-5-18(12-16)28-11-10-27-2;/h3-9,12H,10-11,13-14H2,1-2H3,(H2,24,25,26);1H. The Morgan fingerprint density at radius 1 is 0.966 bits per heavy atom. The molecule has 0 aliphatic heterocycles. The van der Waals surface area contributed by atoms with Gasteiger partial charge in [0.1, 0.15) is 12.4 Å². The maximum absolute atomic E-state index is 12.6. The van der Waals surface area contributed by atoms with E-state index in [2.05, 4.69) is 15.6 Å². The van der Waals surface area contributed by atoms with Gasteiger partial charge in [-0.05, 0) is 35.4 Å². The number of ether oxygens (including phenoxy) is 2. The summed E-state index contributed by atoms with van der Waals surface area (Å²) in [6.07, 6.45) is -4.33. The van der Waals surface area contributed by atoms with Crippen molar-refractivity contribution in [3.63, 3.8) is 0 Å². The van der Waals surface area contributed by atoms with E-state index in [9.17, 15) is 13.2 Å². The Morgan fingerprint density at radius 2 is 1.62 bits per heavy atom. The highest BCUT2D eigenvalue weighted by atomic mass is 127. The molecule has 0 heterocycles. The summed E-state index contributed by atoms with van der Waals surface area (Å²) in [7, 11) is 3.25. The van der Waals surface area contributed by atoms with Crippen LogP contribution < -0.4 is 15.4 Å². The first-order valence-corrected chi connectivity index (χ1v) is 8.73. The van der Waals surface area contributed by atoms with Crippen LogP contribution in [0.5, 0.6) is 5.75 Å². The lowest BCUT2D eigenvalue weighted by molar-refractivity contribution is -0.137. The zero-order chi connectivity index (χ0) is 20.4. The molecule has 0 unspecified atom stereocenters. The molecule has 0 saturated carbocycles. The van der Waals surface area contributed by atoms with E-state index in [-0.39, 0.29) is 24.0 Å². The minimum Gasteiger partial charge on any atom is -0.491 e. The van der Waals surface area contributed by atoms with Crippen molar-refractivity contribution >= 4 is 29.9 Å². The van der Waals surface area contributed by atoms with Gasteiger partial charge in [0.25, 0.3) is 0 Å². The molecule has 0 radical (unpaired) electrons. The van der Waals surface area contributed by atoms with Gasteiger partial charge in [0, 0.05) is 27.2 Å². The molecular formula is C20H25F3IN3O2. The molecule has 2 aromatic rings. The monoisotopic (exact) mass is 523 g/mol. The van der Waals surface area contributed by atoms with Crippen LogP contribution in [0.4, 0.5) is 13.2 Å². The van der Waals surface area contributed by atoms with E-state index in [0.29, 0.717) is 32.3 Å². The van der Waals surface area contributed by atoms with E-state index < -0.39 is 11.7 Å². The molecule has 0 aliphatic rings. The molecule has 2 aromatic carbocycles. The first-order valence-electron chi connectivity index (χ1n) is 8.73. The quantitative estimate of drug-likeness (QED) is 0.236. The van der Waals surface area contributed by atoms with Gasteiger partial charge in [0.2, 0.25) is 0 Å². The number of methoxy groups -OCH3 is 1. The van der Waals surface area contributed by atoms with Crippen LogP contribution in [0.25, 0.3) is 0 Å². The number of nitrogens with zero attached hydrogens (tertiary/aromatic N) is 1. The summed E-state index contributed by atoms with van der Waals surface area (Å²) in [6.45, 7) is 1.87. The third kappa shape index (κ3) is 8.90. The molecular weight excluding hydrogens is 498 g/mol. The summed E-state index contributed by atoms with van der Waals surface area (Å²) in [5, 5.41) is 6.25. The summed E-state index contributed by atoms with van der Waals surface area (Å²) in [6, 6.07) is 12.7. The minimum absolute atomic E-state index is 0. The molecule has 2 rings (SSSR count). The molecule has 0 amide bonds. The van der Waals surface area contributed by atoms with Crippen LogP contribution in [0.15, 0.2) is 53.5 Å². The molecule has 0 bridgehead atoms. The lowest BCUT2D eigenvalue weighted by atomic mass is 10.1. The van der Waals surface area contributed by atoms with Crippen molar-refractivity contribution in [1.82, 2.24) is 10.6 Å². The molecule has 5 nitrogen and oxygen atoms in total. The van der Waals surface area contributed by atoms with Crippen molar-refractivity contribution in [3.05, 3.63) is 65.2 Å². The van der Waals surface area contributed by atoms with Gasteiger partial charge >= 0.3 is 6.18 Å². The van der Waals surface area contributed by atoms with Gasteiger partial charge in [-0.15, -0.1) is 24.0 Å². The van der Waals surface area contributed by atoms with Crippen LogP contribution in [0.3, 0.4) is 0 Å². The summed E-state index contributed by atoms with van der Waals surface area (Å²) >= 11 is 0. The lowest BCUT2D eigenvalue weighted by Gasteiger charge is -2.13. The fraction of sp³-hybridized carbons (Fsp3) is 0.350. The first-order chi connectivity index (χ1) is 13.4. The fourth-order valence-corrected chi connectivity index (χ4v) is 2.39. The number of hydrogen-bond acceptors (Lipinski definition) is 3. The summed E-state index contributed by atoms with van der Waals surface area (Å²) in [5.41, 5.74) is 1.07. The van der Waals surface area contributed by atoms with Crippen molar-refractivity contribution in [1.29, 1.82) is 0 Å². The largest absolute Gasteiger partial charge is 0.491 e. The zero-order valence-corrected chi connectivity index (χ0v) is 18.6. The van der Waals surface area contributed by atoms with E-state index in [1.807, 2.05) is 24.3 Å². The van der Waals surface area contributed by atoms with Crippen LogP contribution in [-0.4, -0.2) is 33.3 Å². The molecule has 160 valence electrons. The highest BCUT2D eigenvalue weighted by molar-refractivity contribution is 14.0. The molecule has 0 saturated heterocycles. The lowest BCUT2D eigenvalue weighted by Crippen LogP contribution is -2.36. The van der Waals surface area contributed by atoms with Crippen LogP contribution in [0.1, 0.15) is 16.7 Å². The van der Waals surface area contributed by atoms with E-state index in [4.69, 9.17) is 9.47 Å². The van der Waals surface area contributed by atoms with Gasteiger partial charge in [0.05, 0.1) is 12.2 Å². The number of aliphatic imine (C=N–C) groups is 1. The van der Waals surface area contributed by atoms with Crippen molar-refractivity contribution in [2.45, 2.75) is 19.3 Å². The first kappa shape index (κ1) is 25.0. The van der Waals surface area contributed by atoms with E-state index >= 15 is 0 Å². The number of guanidine groups is 1. The van der Waals surface area contributed by atoms with Crippen molar-refractivity contribution in [2.75, 3.05) is 27.4 Å². The fourth-order valence-electron chi connectivity index (χ4n) is 2.39. The molecule has 29 heavy (non-hydrogen) atoms. The van der Waals surface area contributed by atoms with Gasteiger partial charge in [-0.1, -0.05) is 24.3 Å². The second kappa shape index (κ2) is 12.5. The number of alkyl halides is 3. The van der Waals surface area contributed by atoms with Crippen LogP contribution >= 0.6 is 24.0 Å². The van der Waals surface area contributed by atoms with Gasteiger partial charge < -0.3 is 20.1 Å². The normalized spacial score (nSPS) is 11.6. The molecule has 0 aliphatic carbocycles. The molecule has 0 aromatic heterocycles. The summed E-state index contributed by atoms with van der Waals surface area (Å²) in [4.78, 5) is 4.12. The molecule has 0 spiro atoms. The zero-order valence-electron chi connectivity index (χ0n) is 16.3. The Labute approximate surface area is 185 Å². The molecule has 0 fully saturated rings. The molecule has 9 heteroatoms. The topological polar surface area (TPSA) is 54.9 Å². The highest BCUT2D eigenvalue weighted by Gasteiger charge is 2.29. The Bertz CT molecular complexity index is 768. The average molecular weight is 523 g/mol. The second-order valence-electron chi connectivity index (χ2n) is 5.96. The highest BCUT2D eigenvalue weighted by Crippen LogP contribution is 2.29. The molecule has 2 N–H and O–H groups in total. The van der Waals surface area contributed by atoms with E-state index in [1.165, 1.54) is 12.1 Å². The number of rotatable bonds is 8. The van der Waals surface area contributed by atoms with Crippen LogP contribution in [-0.2, 0) is 24.0 Å². The third-order valence-electron chi connectivity index (χ3n) is 3.88. The summed E-state index contributed by atoms with van der Waals surface area (Å²) in [5.74, 6) is 1.30. The van der Waals surface area contributed by atoms with Gasteiger partial charge in [-0.25, -0.2) is 0 Å². The molecule has 0 atom stereocenters. The maximum Gasteiger partial charge on any atom is 0.416 e. The maximum atomic E-state index is 12.6. The Morgan fingerprint density at radius 3 is 2.21 bits per heavy atom. The second-order valence-corrected chi connectivity index (χ2v) is 5.96. The van der Waals surface area contributed by atoms with Crippen molar-refractivity contribution < 1.29 is 22.6 Å². The van der Waals surface area contributed by atoms with Crippen molar-refractivity contribution in [2.24, 2.45) is 4.99 Å². The van der Waals surface area contributed by atoms with Gasteiger partial charge in [-0.2, -0.15) is 13.2 Å². The van der Waals surface area contributed by atoms with E-state index in [1.54, 1.807) is 14.2 Å². The SMILES string of the molecule is CN=C(NCc1ccc(C(F)(F)F)cc1)NCc1cccc(OCCOC)c1.I. The number of nitrogens with one attached hydrogen (secondary N) is 2. The van der Waals surface area contributed by atoms with Gasteiger partial charge in [-0.3, -0.25) is 4.99 Å². The predicted molar refractivity (Wildman–Crippen MR) is 118 cm³/mol. The Kier molecular flexibility index (Phi) is 10.8. The number of hydrogen-bond donors (Lipinski definition) is 2. The minimum atomic E-state index is -4.33. The van der Waals surface area contributed by atoms with Crippen LogP contribution in [0.2, 0.25) is 0 Å². The third-order valence-corrected chi connectivity index (χ3v) is 3.88. The predicted octanol–water partition coefficient (Wildman–Crippen LogP) is 4.21. The smallest absolute Gasteiger partial charge is 0.416 e. The summed E-state index contributed by atoms with van der Waals surface area (Å²) < 4.78 is 48.4. The average Bonchev–Trinajstić information content (AvgIpc) is 2.68. The van der Waals surface area contributed by atoms with Crippen LogP contribution in [0, 0.1) is 0 Å². The van der Waals surface area contributed by atoms with E-state index in [0.717, 1.165) is 29.0 Å². The Hall–Kier alpha value is -2.01. The number of halogens is 4.